The minimum Gasteiger partial charge on any atom is -0.340 e. The molecule has 0 bridgehead atoms. The van der Waals surface area contributed by atoms with E-state index in [1.165, 1.54) is 24.4 Å². The molecule has 8 heteroatoms. The van der Waals surface area contributed by atoms with Crippen LogP contribution in [-0.4, -0.2) is 36.9 Å². The first kappa shape index (κ1) is 16.5. The van der Waals surface area contributed by atoms with Gasteiger partial charge in [0.1, 0.15) is 16.4 Å². The average molecular weight is 351 g/mol. The van der Waals surface area contributed by atoms with Crippen molar-refractivity contribution in [3.8, 4) is 0 Å². The number of nitrogens with zero attached hydrogens (tertiary/aromatic N) is 2. The third-order valence-electron chi connectivity index (χ3n) is 4.05. The molecule has 1 N–H and O–H groups in total. The van der Waals surface area contributed by atoms with Gasteiger partial charge in [-0.1, -0.05) is 6.07 Å². The van der Waals surface area contributed by atoms with Crippen LogP contribution in [0.1, 0.15) is 23.0 Å². The number of anilines is 1. The predicted molar refractivity (Wildman–Crippen MR) is 88.0 cm³/mol. The zero-order chi connectivity index (χ0) is 17.5. The molecule has 1 aliphatic rings. The Hall–Kier alpha value is -2.35. The number of carbonyl (C=O) groups is 1. The topological polar surface area (TPSA) is 71.4 Å². The zero-order valence-electron chi connectivity index (χ0n) is 13.4. The zero-order valence-corrected chi connectivity index (χ0v) is 14.2. The number of amides is 1. The van der Waals surface area contributed by atoms with Crippen molar-refractivity contribution < 1.29 is 17.6 Å². The van der Waals surface area contributed by atoms with Gasteiger partial charge < -0.3 is 9.47 Å². The monoisotopic (exact) mass is 351 g/mol. The molecule has 0 saturated heterocycles. The number of nitrogens with one attached hydrogen (secondary N) is 1. The van der Waals surface area contributed by atoms with E-state index in [1.807, 2.05) is 6.92 Å². The number of halogens is 1. The van der Waals surface area contributed by atoms with E-state index in [2.05, 4.69) is 4.72 Å². The lowest BCUT2D eigenvalue weighted by molar-refractivity contribution is 0.0715. The molecule has 1 aromatic heterocycles. The summed E-state index contributed by atoms with van der Waals surface area (Å²) in [4.78, 5) is 13.9. The quantitative estimate of drug-likeness (QED) is 0.918. The third kappa shape index (κ3) is 2.89. The number of benzene rings is 1. The first-order chi connectivity index (χ1) is 11.3. The smallest absolute Gasteiger partial charge is 0.270 e. The van der Waals surface area contributed by atoms with Crippen molar-refractivity contribution in [3.63, 3.8) is 0 Å². The summed E-state index contributed by atoms with van der Waals surface area (Å²) >= 11 is 0. The van der Waals surface area contributed by atoms with Crippen molar-refractivity contribution in [1.82, 2.24) is 9.47 Å². The Morgan fingerprint density at radius 2 is 2.00 bits per heavy atom. The van der Waals surface area contributed by atoms with Crippen LogP contribution >= 0.6 is 0 Å². The van der Waals surface area contributed by atoms with Crippen LogP contribution in [0.5, 0.6) is 0 Å². The summed E-state index contributed by atoms with van der Waals surface area (Å²) in [6.45, 7) is 5.25. The van der Waals surface area contributed by atoms with Crippen molar-refractivity contribution in [1.29, 1.82) is 0 Å². The van der Waals surface area contributed by atoms with Crippen LogP contribution in [-0.2, 0) is 16.6 Å². The van der Waals surface area contributed by atoms with E-state index in [-0.39, 0.29) is 16.5 Å². The summed E-state index contributed by atoms with van der Waals surface area (Å²) in [7, 11) is -3.98. The summed E-state index contributed by atoms with van der Waals surface area (Å²) in [5.74, 6) is -0.853. The first-order valence-corrected chi connectivity index (χ1v) is 9.08. The molecule has 2 aromatic rings. The van der Waals surface area contributed by atoms with Gasteiger partial charge in [0.15, 0.2) is 0 Å². The van der Waals surface area contributed by atoms with Gasteiger partial charge in [0.05, 0.1) is 5.69 Å². The highest BCUT2D eigenvalue weighted by Crippen LogP contribution is 2.24. The molecule has 3 rings (SSSR count). The van der Waals surface area contributed by atoms with E-state index in [0.29, 0.717) is 25.3 Å². The SMILES string of the molecule is CCN1CCn2cc(S(=O)(=O)Nc3cc(C)ccc3F)cc2C1=O. The predicted octanol–water partition coefficient (Wildman–Crippen LogP) is 2.21. The molecule has 6 nitrogen and oxygen atoms in total. The Morgan fingerprint density at radius 3 is 2.71 bits per heavy atom. The molecule has 1 amide bonds. The second kappa shape index (κ2) is 5.94. The van der Waals surface area contributed by atoms with E-state index in [9.17, 15) is 17.6 Å². The summed E-state index contributed by atoms with van der Waals surface area (Å²) in [5, 5.41) is 0. The van der Waals surface area contributed by atoms with Crippen LogP contribution in [0.4, 0.5) is 10.1 Å². The Kier molecular flexibility index (Phi) is 4.08. The number of hydrogen-bond donors (Lipinski definition) is 1. The molecule has 128 valence electrons. The maximum absolute atomic E-state index is 13.8. The van der Waals surface area contributed by atoms with Gasteiger partial charge in [-0.15, -0.1) is 0 Å². The number of fused-ring (bicyclic) bond motifs is 1. The number of hydrogen-bond acceptors (Lipinski definition) is 3. The van der Waals surface area contributed by atoms with Crippen molar-refractivity contribution in [2.24, 2.45) is 0 Å². The Balaban J connectivity index is 1.94. The summed E-state index contributed by atoms with van der Waals surface area (Å²) in [5.41, 5.74) is 0.952. The van der Waals surface area contributed by atoms with Gasteiger partial charge in [-0.25, -0.2) is 12.8 Å². The second-order valence-electron chi connectivity index (χ2n) is 5.73. The number of likely N-dealkylation sites (N-methyl/N-ethyl adjacent to an activating group) is 1. The number of aryl methyl sites for hydroxylation is 1. The second-order valence-corrected chi connectivity index (χ2v) is 7.41. The van der Waals surface area contributed by atoms with Gasteiger partial charge in [-0.2, -0.15) is 0 Å². The van der Waals surface area contributed by atoms with Gasteiger partial charge >= 0.3 is 0 Å². The Bertz CT molecular complexity index is 905. The first-order valence-electron chi connectivity index (χ1n) is 7.60. The van der Waals surface area contributed by atoms with Crippen LogP contribution in [0.2, 0.25) is 0 Å². The molecule has 0 unspecified atom stereocenters. The van der Waals surface area contributed by atoms with E-state index in [1.54, 1.807) is 22.5 Å². The van der Waals surface area contributed by atoms with Crippen molar-refractivity contribution >= 4 is 21.6 Å². The van der Waals surface area contributed by atoms with Crippen LogP contribution < -0.4 is 4.72 Å². The van der Waals surface area contributed by atoms with Crippen LogP contribution in [0, 0.1) is 12.7 Å². The van der Waals surface area contributed by atoms with Crippen LogP contribution in [0.15, 0.2) is 35.4 Å². The molecular weight excluding hydrogens is 333 g/mol. The van der Waals surface area contributed by atoms with Gasteiger partial charge in [0.2, 0.25) is 0 Å². The van der Waals surface area contributed by atoms with Gasteiger partial charge in [-0.3, -0.25) is 9.52 Å². The minimum absolute atomic E-state index is 0.0512. The highest BCUT2D eigenvalue weighted by atomic mass is 32.2. The summed E-state index contributed by atoms with van der Waals surface area (Å²) < 4.78 is 42.7. The van der Waals surface area contributed by atoms with Gasteiger partial charge in [-0.05, 0) is 37.6 Å². The van der Waals surface area contributed by atoms with E-state index in [0.717, 1.165) is 5.56 Å². The molecule has 0 saturated carbocycles. The number of carbonyl (C=O) groups excluding carboxylic acids is 1. The lowest BCUT2D eigenvalue weighted by atomic mass is 10.2. The lowest BCUT2D eigenvalue weighted by Crippen LogP contribution is -2.39. The van der Waals surface area contributed by atoms with Gasteiger partial charge in [0.25, 0.3) is 15.9 Å². The molecule has 0 fully saturated rings. The van der Waals surface area contributed by atoms with Crippen LogP contribution in [0.25, 0.3) is 0 Å². The molecule has 0 atom stereocenters. The van der Waals surface area contributed by atoms with E-state index in [4.69, 9.17) is 0 Å². The molecule has 0 spiro atoms. The lowest BCUT2D eigenvalue weighted by Gasteiger charge is -2.26. The highest BCUT2D eigenvalue weighted by molar-refractivity contribution is 7.92. The maximum Gasteiger partial charge on any atom is 0.270 e. The highest BCUT2D eigenvalue weighted by Gasteiger charge is 2.28. The molecule has 1 aromatic carbocycles. The average Bonchev–Trinajstić information content (AvgIpc) is 2.97. The molecule has 24 heavy (non-hydrogen) atoms. The van der Waals surface area contributed by atoms with Crippen molar-refractivity contribution in [3.05, 3.63) is 47.5 Å². The van der Waals surface area contributed by atoms with Crippen molar-refractivity contribution in [2.75, 3.05) is 17.8 Å². The molecule has 2 heterocycles. The summed E-state index contributed by atoms with van der Waals surface area (Å²) in [6, 6.07) is 5.52. The molecule has 1 aliphatic heterocycles. The summed E-state index contributed by atoms with van der Waals surface area (Å²) in [6.07, 6.45) is 1.41. The largest absolute Gasteiger partial charge is 0.340 e. The number of rotatable bonds is 4. The van der Waals surface area contributed by atoms with E-state index >= 15 is 0 Å². The molecule has 0 radical (unpaired) electrons. The Morgan fingerprint density at radius 1 is 1.25 bits per heavy atom. The molecular formula is C16H18FN3O3S. The number of sulfonamides is 1. The Labute approximate surface area is 139 Å². The fraction of sp³-hybridized carbons (Fsp3) is 0.312. The van der Waals surface area contributed by atoms with Gasteiger partial charge in [0, 0.05) is 25.8 Å². The maximum atomic E-state index is 13.8. The third-order valence-corrected chi connectivity index (χ3v) is 5.38. The van der Waals surface area contributed by atoms with Crippen LogP contribution in [0.3, 0.4) is 0 Å². The minimum atomic E-state index is -3.98. The fourth-order valence-electron chi connectivity index (χ4n) is 2.71. The standard InChI is InChI=1S/C16H18FN3O3S/c1-3-19-6-7-20-10-12(9-15(20)16(19)21)24(22,23)18-14-8-11(2)4-5-13(14)17/h4-5,8-10,18H,3,6-7H2,1-2H3. The van der Waals surface area contributed by atoms with E-state index < -0.39 is 15.8 Å². The normalized spacial score (nSPS) is 14.6. The van der Waals surface area contributed by atoms with Crippen molar-refractivity contribution in [2.45, 2.75) is 25.3 Å². The number of aromatic nitrogens is 1. The molecule has 0 aliphatic carbocycles. The fourth-order valence-corrected chi connectivity index (χ4v) is 3.81.